The van der Waals surface area contributed by atoms with Gasteiger partial charge >= 0.3 is 12.0 Å². The lowest BCUT2D eigenvalue weighted by Crippen LogP contribution is -2.52. The molecule has 20 heavy (non-hydrogen) atoms. The topological polar surface area (TPSA) is 81.7 Å². The molecule has 2 aliphatic heterocycles. The number of amides is 2. The maximum atomic E-state index is 11.6. The highest BCUT2D eigenvalue weighted by Gasteiger charge is 2.41. The number of carbonyl (C=O) groups excluding carboxylic acids is 1. The Hall–Kier alpha value is -2.08. The van der Waals surface area contributed by atoms with E-state index in [1.165, 1.54) is 0 Å². The summed E-state index contributed by atoms with van der Waals surface area (Å²) in [6.45, 7) is 0.734. The summed E-state index contributed by atoms with van der Waals surface area (Å²) in [6, 6.07) is 7.08. The highest BCUT2D eigenvalue weighted by molar-refractivity contribution is 5.87. The molecule has 3 atom stereocenters. The first kappa shape index (κ1) is 12.9. The molecule has 0 spiro atoms. The van der Waals surface area contributed by atoms with Crippen LogP contribution in [0.3, 0.4) is 0 Å². The number of hydrogen-bond donors (Lipinski definition) is 3. The van der Waals surface area contributed by atoms with Gasteiger partial charge < -0.3 is 15.3 Å². The Morgan fingerprint density at radius 3 is 3.00 bits per heavy atom. The molecule has 0 aromatic heterocycles. The van der Waals surface area contributed by atoms with Crippen LogP contribution in [0.15, 0.2) is 24.3 Å². The largest absolute Gasteiger partial charge is 0.478 e. The molecule has 0 saturated carbocycles. The number of likely N-dealkylation sites (N-methyl/N-ethyl adjacent to an activating group) is 1. The zero-order chi connectivity index (χ0) is 14.3. The van der Waals surface area contributed by atoms with E-state index in [4.69, 9.17) is 5.11 Å². The Bertz CT molecular complexity index is 560. The number of carboxylic acid groups (broad SMARTS) is 1. The van der Waals surface area contributed by atoms with Crippen molar-refractivity contribution in [3.63, 3.8) is 0 Å². The number of fused-ring (bicyclic) bond motifs is 1. The molecule has 0 bridgehead atoms. The van der Waals surface area contributed by atoms with Crippen molar-refractivity contribution in [1.29, 1.82) is 0 Å². The number of urea groups is 1. The number of hydrogen-bond acceptors (Lipinski definition) is 3. The minimum absolute atomic E-state index is 0.00796. The molecule has 3 N–H and O–H groups in total. The van der Waals surface area contributed by atoms with Gasteiger partial charge in [0.05, 0.1) is 11.6 Å². The molecule has 2 aliphatic rings. The maximum Gasteiger partial charge on any atom is 0.335 e. The molecule has 3 rings (SSSR count). The van der Waals surface area contributed by atoms with Crippen molar-refractivity contribution < 1.29 is 14.7 Å². The molecule has 2 saturated heterocycles. The van der Waals surface area contributed by atoms with Crippen LogP contribution in [0.5, 0.6) is 0 Å². The van der Waals surface area contributed by atoms with Crippen LogP contribution in [0.25, 0.3) is 0 Å². The first-order valence-electron chi connectivity index (χ1n) is 6.66. The third-order valence-corrected chi connectivity index (χ3v) is 4.20. The van der Waals surface area contributed by atoms with Crippen molar-refractivity contribution in [2.75, 3.05) is 13.6 Å². The van der Waals surface area contributed by atoms with Gasteiger partial charge in [0, 0.05) is 13.6 Å². The van der Waals surface area contributed by atoms with Crippen molar-refractivity contribution in [2.24, 2.45) is 0 Å². The van der Waals surface area contributed by atoms with Crippen molar-refractivity contribution >= 4 is 12.0 Å². The summed E-state index contributed by atoms with van der Waals surface area (Å²) in [4.78, 5) is 24.4. The maximum absolute atomic E-state index is 11.6. The van der Waals surface area contributed by atoms with Crippen LogP contribution < -0.4 is 10.6 Å². The number of nitrogens with zero attached hydrogens (tertiary/aromatic N) is 1. The molecule has 0 aliphatic carbocycles. The SMILES string of the molecule is CN1C(=O)NC2NCC(c3cccc(C(=O)O)c3)CC21. The van der Waals surface area contributed by atoms with E-state index in [1.54, 1.807) is 30.1 Å². The molecular weight excluding hydrogens is 258 g/mol. The summed E-state index contributed by atoms with van der Waals surface area (Å²) in [7, 11) is 1.79. The van der Waals surface area contributed by atoms with Gasteiger partial charge in [0.1, 0.15) is 6.17 Å². The molecule has 2 heterocycles. The standard InChI is InChI=1S/C14H17N3O3/c1-17-11-6-10(7-15-12(11)16-14(17)20)8-3-2-4-9(5-8)13(18)19/h2-5,10-12,15H,6-7H2,1H3,(H,16,20)(H,18,19). The fraction of sp³-hybridized carbons (Fsp3) is 0.429. The molecular formula is C14H17N3O3. The van der Waals surface area contributed by atoms with E-state index in [9.17, 15) is 9.59 Å². The minimum atomic E-state index is -0.914. The number of rotatable bonds is 2. The molecule has 1 aromatic carbocycles. The highest BCUT2D eigenvalue weighted by atomic mass is 16.4. The van der Waals surface area contributed by atoms with Gasteiger partial charge in [-0.15, -0.1) is 0 Å². The van der Waals surface area contributed by atoms with Crippen LogP contribution >= 0.6 is 0 Å². The molecule has 106 valence electrons. The van der Waals surface area contributed by atoms with Crippen LogP contribution in [0, 0.1) is 0 Å². The monoisotopic (exact) mass is 275 g/mol. The van der Waals surface area contributed by atoms with Crippen molar-refractivity contribution in [2.45, 2.75) is 24.5 Å². The van der Waals surface area contributed by atoms with E-state index in [2.05, 4.69) is 10.6 Å². The number of aromatic carboxylic acids is 1. The number of benzene rings is 1. The second-order valence-corrected chi connectivity index (χ2v) is 5.38. The van der Waals surface area contributed by atoms with E-state index >= 15 is 0 Å². The lowest BCUT2D eigenvalue weighted by atomic mass is 9.87. The second kappa shape index (κ2) is 4.79. The van der Waals surface area contributed by atoms with Gasteiger partial charge in [0.25, 0.3) is 0 Å². The van der Waals surface area contributed by atoms with E-state index in [0.29, 0.717) is 5.56 Å². The third-order valence-electron chi connectivity index (χ3n) is 4.20. The fourth-order valence-corrected chi connectivity index (χ4v) is 3.01. The van der Waals surface area contributed by atoms with Gasteiger partial charge in [-0.2, -0.15) is 0 Å². The average molecular weight is 275 g/mol. The number of carbonyl (C=O) groups is 2. The van der Waals surface area contributed by atoms with E-state index < -0.39 is 5.97 Å². The normalized spacial score (nSPS) is 28.9. The van der Waals surface area contributed by atoms with E-state index in [-0.39, 0.29) is 24.2 Å². The Morgan fingerprint density at radius 1 is 1.45 bits per heavy atom. The zero-order valence-electron chi connectivity index (χ0n) is 11.2. The van der Waals surface area contributed by atoms with Crippen LogP contribution in [-0.4, -0.2) is 47.8 Å². The lowest BCUT2D eigenvalue weighted by Gasteiger charge is -2.34. The average Bonchev–Trinajstić information content (AvgIpc) is 2.74. The van der Waals surface area contributed by atoms with Crippen molar-refractivity contribution in [3.8, 4) is 0 Å². The van der Waals surface area contributed by atoms with Crippen LogP contribution in [-0.2, 0) is 0 Å². The molecule has 6 heteroatoms. The van der Waals surface area contributed by atoms with Crippen LogP contribution in [0.2, 0.25) is 0 Å². The first-order valence-corrected chi connectivity index (χ1v) is 6.66. The molecule has 0 radical (unpaired) electrons. The van der Waals surface area contributed by atoms with Gasteiger partial charge in [-0.1, -0.05) is 12.1 Å². The molecule has 3 unspecified atom stereocenters. The summed E-state index contributed by atoms with van der Waals surface area (Å²) >= 11 is 0. The van der Waals surface area contributed by atoms with Gasteiger partial charge in [-0.05, 0) is 30.0 Å². The smallest absolute Gasteiger partial charge is 0.335 e. The predicted molar refractivity (Wildman–Crippen MR) is 72.6 cm³/mol. The van der Waals surface area contributed by atoms with Gasteiger partial charge in [-0.25, -0.2) is 9.59 Å². The number of piperidine rings is 1. The summed E-state index contributed by atoms with van der Waals surface area (Å²) in [5, 5.41) is 15.3. The van der Waals surface area contributed by atoms with Crippen LogP contribution in [0.4, 0.5) is 4.79 Å². The Labute approximate surface area is 116 Å². The third kappa shape index (κ3) is 2.12. The minimum Gasteiger partial charge on any atom is -0.478 e. The van der Waals surface area contributed by atoms with Crippen molar-refractivity contribution in [1.82, 2.24) is 15.5 Å². The first-order chi connectivity index (χ1) is 9.56. The van der Waals surface area contributed by atoms with Gasteiger partial charge in [0.2, 0.25) is 0 Å². The highest BCUT2D eigenvalue weighted by Crippen LogP contribution is 2.30. The van der Waals surface area contributed by atoms with E-state index in [0.717, 1.165) is 18.5 Å². The van der Waals surface area contributed by atoms with Crippen LogP contribution in [0.1, 0.15) is 28.3 Å². The fourth-order valence-electron chi connectivity index (χ4n) is 3.01. The summed E-state index contributed by atoms with van der Waals surface area (Å²) in [5.74, 6) is -0.700. The quantitative estimate of drug-likeness (QED) is 0.746. The van der Waals surface area contributed by atoms with E-state index in [1.807, 2.05) is 6.07 Å². The van der Waals surface area contributed by atoms with Crippen molar-refractivity contribution in [3.05, 3.63) is 35.4 Å². The lowest BCUT2D eigenvalue weighted by molar-refractivity contribution is 0.0696. The Balaban J connectivity index is 1.80. The Morgan fingerprint density at radius 2 is 2.25 bits per heavy atom. The Kier molecular flexibility index (Phi) is 3.10. The molecule has 2 fully saturated rings. The summed E-state index contributed by atoms with van der Waals surface area (Å²) < 4.78 is 0. The summed E-state index contributed by atoms with van der Waals surface area (Å²) in [5.41, 5.74) is 1.31. The summed E-state index contributed by atoms with van der Waals surface area (Å²) in [6.07, 6.45) is 0.821. The second-order valence-electron chi connectivity index (χ2n) is 5.38. The molecule has 6 nitrogen and oxygen atoms in total. The predicted octanol–water partition coefficient (Wildman–Crippen LogP) is 0.811. The van der Waals surface area contributed by atoms with Gasteiger partial charge in [0.15, 0.2) is 0 Å². The molecule has 2 amide bonds. The van der Waals surface area contributed by atoms with Gasteiger partial charge in [-0.3, -0.25) is 5.32 Å². The number of nitrogens with one attached hydrogen (secondary N) is 2. The molecule has 1 aromatic rings. The zero-order valence-corrected chi connectivity index (χ0v) is 11.2. The number of carboxylic acids is 1.